The van der Waals surface area contributed by atoms with Gasteiger partial charge in [-0.25, -0.2) is 4.79 Å². The molecule has 0 aromatic heterocycles. The largest absolute Gasteiger partial charge is 0.480 e. The molecule has 0 aromatic carbocycles. The van der Waals surface area contributed by atoms with E-state index in [-0.39, 0.29) is 6.42 Å². The van der Waals surface area contributed by atoms with Crippen LogP contribution in [0.15, 0.2) is 0 Å². The van der Waals surface area contributed by atoms with Gasteiger partial charge in [-0.2, -0.15) is 13.2 Å². The number of hydrogen-bond donors (Lipinski definition) is 1. The molecule has 0 bridgehead atoms. The van der Waals surface area contributed by atoms with Crippen molar-refractivity contribution >= 4 is 11.9 Å². The first-order valence-corrected chi connectivity index (χ1v) is 4.83. The Balaban J connectivity index is 2.18. The number of alkyl halides is 3. The molecule has 1 saturated carbocycles. The third-order valence-corrected chi connectivity index (χ3v) is 3.31. The Morgan fingerprint density at radius 1 is 1.38 bits per heavy atom. The van der Waals surface area contributed by atoms with Gasteiger partial charge in [0.15, 0.2) is 0 Å². The number of carbonyl (C=O) groups is 2. The van der Waals surface area contributed by atoms with E-state index in [9.17, 15) is 22.8 Å². The molecule has 1 aliphatic carbocycles. The van der Waals surface area contributed by atoms with Crippen molar-refractivity contribution in [3.8, 4) is 0 Å². The Labute approximate surface area is 89.0 Å². The van der Waals surface area contributed by atoms with Crippen molar-refractivity contribution in [2.24, 2.45) is 11.8 Å². The Morgan fingerprint density at radius 2 is 1.94 bits per heavy atom. The molecule has 7 heteroatoms. The summed E-state index contributed by atoms with van der Waals surface area (Å²) in [5, 5.41) is 8.78. The SMILES string of the molecule is CC(=O)N1[C@H]2[C@@H](C[C@H]1C(=O)O)[C@H]2C(F)(F)F. The number of rotatable bonds is 1. The molecule has 4 nitrogen and oxygen atoms in total. The molecular formula is C9H10F3NO3. The van der Waals surface area contributed by atoms with Crippen LogP contribution in [0, 0.1) is 11.8 Å². The maximum atomic E-state index is 12.4. The van der Waals surface area contributed by atoms with Gasteiger partial charge in [-0.15, -0.1) is 0 Å². The lowest BCUT2D eigenvalue weighted by Crippen LogP contribution is -2.44. The zero-order valence-corrected chi connectivity index (χ0v) is 8.36. The van der Waals surface area contributed by atoms with Gasteiger partial charge in [0.1, 0.15) is 6.04 Å². The minimum atomic E-state index is -4.34. The zero-order chi connectivity index (χ0) is 12.2. The molecule has 0 aromatic rings. The maximum Gasteiger partial charge on any atom is 0.394 e. The predicted octanol–water partition coefficient (Wildman–Crippen LogP) is 0.869. The molecule has 0 spiro atoms. The van der Waals surface area contributed by atoms with Crippen molar-refractivity contribution < 1.29 is 27.9 Å². The molecule has 0 radical (unpaired) electrons. The number of nitrogens with zero attached hydrogens (tertiary/aromatic N) is 1. The molecule has 0 unspecified atom stereocenters. The number of piperidine rings is 1. The molecule has 1 amide bonds. The monoisotopic (exact) mass is 237 g/mol. The van der Waals surface area contributed by atoms with Gasteiger partial charge >= 0.3 is 12.1 Å². The first-order chi connectivity index (χ1) is 7.25. The van der Waals surface area contributed by atoms with Crippen LogP contribution < -0.4 is 0 Å². The number of hydrogen-bond acceptors (Lipinski definition) is 2. The lowest BCUT2D eigenvalue weighted by Gasteiger charge is -2.25. The fourth-order valence-corrected chi connectivity index (χ4v) is 2.69. The molecule has 1 N–H and O–H groups in total. The number of carboxylic acids is 1. The molecule has 4 atom stereocenters. The van der Waals surface area contributed by atoms with E-state index < -0.39 is 42.0 Å². The van der Waals surface area contributed by atoms with Crippen LogP contribution in [0.4, 0.5) is 13.2 Å². The predicted molar refractivity (Wildman–Crippen MR) is 45.4 cm³/mol. The molecule has 2 rings (SSSR count). The standard InChI is InChI=1S/C9H10F3NO3/c1-3(14)13-5(8(15)16)2-4-6(7(4)13)9(10,11)12/h4-7H,2H2,1H3,(H,15,16)/t4-,5-,6+,7-/m0/s1. The summed E-state index contributed by atoms with van der Waals surface area (Å²) in [5.74, 6) is -4.10. The Bertz CT molecular complexity index is 354. The second kappa shape index (κ2) is 3.11. The number of carbonyl (C=O) groups excluding carboxylic acids is 1. The number of halogens is 3. The molecular weight excluding hydrogens is 227 g/mol. The van der Waals surface area contributed by atoms with Crippen LogP contribution in [-0.4, -0.2) is 40.1 Å². The molecule has 2 aliphatic rings. The van der Waals surface area contributed by atoms with E-state index in [4.69, 9.17) is 5.11 Å². The highest BCUT2D eigenvalue weighted by atomic mass is 19.4. The van der Waals surface area contributed by atoms with E-state index in [0.29, 0.717) is 0 Å². The molecule has 16 heavy (non-hydrogen) atoms. The normalized spacial score (nSPS) is 37.1. The van der Waals surface area contributed by atoms with Crippen LogP contribution in [-0.2, 0) is 9.59 Å². The van der Waals surface area contributed by atoms with Crippen LogP contribution in [0.25, 0.3) is 0 Å². The first kappa shape index (κ1) is 11.2. The van der Waals surface area contributed by atoms with Gasteiger partial charge in [0.2, 0.25) is 5.91 Å². The minimum Gasteiger partial charge on any atom is -0.480 e. The van der Waals surface area contributed by atoms with Crippen LogP contribution in [0.1, 0.15) is 13.3 Å². The van der Waals surface area contributed by atoms with Crippen LogP contribution >= 0.6 is 0 Å². The second-order valence-corrected chi connectivity index (χ2v) is 4.24. The van der Waals surface area contributed by atoms with Crippen molar-refractivity contribution in [3.63, 3.8) is 0 Å². The summed E-state index contributed by atoms with van der Waals surface area (Å²) < 4.78 is 37.3. The smallest absolute Gasteiger partial charge is 0.394 e. The average molecular weight is 237 g/mol. The summed E-state index contributed by atoms with van der Waals surface area (Å²) in [6.45, 7) is 1.10. The summed E-state index contributed by atoms with van der Waals surface area (Å²) >= 11 is 0. The van der Waals surface area contributed by atoms with Crippen molar-refractivity contribution in [1.29, 1.82) is 0 Å². The number of amides is 1. The molecule has 1 aliphatic heterocycles. The van der Waals surface area contributed by atoms with Crippen LogP contribution in [0.2, 0.25) is 0 Å². The summed E-state index contributed by atoms with van der Waals surface area (Å²) in [6.07, 6.45) is -4.43. The quantitative estimate of drug-likeness (QED) is 0.736. The molecule has 1 heterocycles. The molecule has 90 valence electrons. The van der Waals surface area contributed by atoms with E-state index in [0.717, 1.165) is 11.8 Å². The Kier molecular flexibility index (Phi) is 2.18. The fourth-order valence-electron chi connectivity index (χ4n) is 2.69. The third-order valence-electron chi connectivity index (χ3n) is 3.31. The average Bonchev–Trinajstić information content (AvgIpc) is 2.67. The Hall–Kier alpha value is -1.27. The van der Waals surface area contributed by atoms with Crippen molar-refractivity contribution in [2.45, 2.75) is 31.6 Å². The lowest BCUT2D eigenvalue weighted by molar-refractivity contribution is -0.166. The zero-order valence-electron chi connectivity index (χ0n) is 8.36. The van der Waals surface area contributed by atoms with Crippen molar-refractivity contribution in [2.75, 3.05) is 0 Å². The van der Waals surface area contributed by atoms with Gasteiger partial charge in [0.25, 0.3) is 0 Å². The van der Waals surface area contributed by atoms with E-state index in [1.54, 1.807) is 0 Å². The topological polar surface area (TPSA) is 57.6 Å². The Morgan fingerprint density at radius 3 is 2.31 bits per heavy atom. The highest BCUT2D eigenvalue weighted by Gasteiger charge is 2.72. The van der Waals surface area contributed by atoms with Gasteiger partial charge in [0.05, 0.1) is 5.92 Å². The summed E-state index contributed by atoms with van der Waals surface area (Å²) in [7, 11) is 0. The maximum absolute atomic E-state index is 12.4. The third kappa shape index (κ3) is 1.45. The fraction of sp³-hybridized carbons (Fsp3) is 0.778. The van der Waals surface area contributed by atoms with Crippen molar-refractivity contribution in [3.05, 3.63) is 0 Å². The second-order valence-electron chi connectivity index (χ2n) is 4.24. The highest BCUT2D eigenvalue weighted by molar-refractivity contribution is 5.84. The van der Waals surface area contributed by atoms with Crippen LogP contribution in [0.5, 0.6) is 0 Å². The van der Waals surface area contributed by atoms with E-state index in [1.165, 1.54) is 0 Å². The van der Waals surface area contributed by atoms with E-state index in [2.05, 4.69) is 0 Å². The lowest BCUT2D eigenvalue weighted by atomic mass is 10.1. The van der Waals surface area contributed by atoms with Gasteiger partial charge in [-0.1, -0.05) is 0 Å². The summed E-state index contributed by atoms with van der Waals surface area (Å²) in [5.41, 5.74) is 0. The molecule has 1 saturated heterocycles. The first-order valence-electron chi connectivity index (χ1n) is 4.83. The number of likely N-dealkylation sites (tertiary alicyclic amines) is 1. The van der Waals surface area contributed by atoms with Gasteiger partial charge in [-0.3, -0.25) is 4.79 Å². The van der Waals surface area contributed by atoms with E-state index >= 15 is 0 Å². The minimum absolute atomic E-state index is 0.0935. The van der Waals surface area contributed by atoms with Gasteiger partial charge in [0, 0.05) is 13.0 Å². The molecule has 2 fully saturated rings. The number of carboxylic acid groups (broad SMARTS) is 1. The summed E-state index contributed by atoms with van der Waals surface area (Å²) in [4.78, 5) is 22.8. The van der Waals surface area contributed by atoms with Crippen LogP contribution in [0.3, 0.4) is 0 Å². The number of aliphatic carboxylic acids is 1. The summed E-state index contributed by atoms with van der Waals surface area (Å²) in [6, 6.07) is -2.05. The van der Waals surface area contributed by atoms with Gasteiger partial charge < -0.3 is 10.0 Å². The highest BCUT2D eigenvalue weighted by Crippen LogP contribution is 2.59. The van der Waals surface area contributed by atoms with E-state index in [1.807, 2.05) is 0 Å². The van der Waals surface area contributed by atoms with Crippen molar-refractivity contribution in [1.82, 2.24) is 4.90 Å². The number of fused-ring (bicyclic) bond motifs is 1. The van der Waals surface area contributed by atoms with Gasteiger partial charge in [-0.05, 0) is 12.3 Å².